The van der Waals surface area contributed by atoms with Gasteiger partial charge in [0.05, 0.1) is 18.5 Å². The van der Waals surface area contributed by atoms with Crippen molar-refractivity contribution in [3.8, 4) is 0 Å². The molecule has 0 N–H and O–H groups in total. The smallest absolute Gasteiger partial charge is 0.162 e. The van der Waals surface area contributed by atoms with Crippen LogP contribution in [0.1, 0.15) is 20.8 Å². The second-order valence-corrected chi connectivity index (χ2v) is 5.36. The highest BCUT2D eigenvalue weighted by atomic mass is 32.2. The molecule has 1 saturated heterocycles. The van der Waals surface area contributed by atoms with E-state index >= 15 is 0 Å². The van der Waals surface area contributed by atoms with Gasteiger partial charge >= 0.3 is 0 Å². The molecular weight excluding hydrogens is 172 g/mol. The summed E-state index contributed by atoms with van der Waals surface area (Å²) >= 11 is 1.81. The van der Waals surface area contributed by atoms with Gasteiger partial charge in [0, 0.05) is 5.41 Å². The predicted octanol–water partition coefficient (Wildman–Crippen LogP) is 2.14. The molecule has 0 aromatic rings. The van der Waals surface area contributed by atoms with Gasteiger partial charge in [-0.2, -0.15) is 11.8 Å². The van der Waals surface area contributed by atoms with Gasteiger partial charge in [0.2, 0.25) is 0 Å². The number of thioether (sulfide) groups is 1. The van der Waals surface area contributed by atoms with Crippen LogP contribution >= 0.6 is 11.8 Å². The van der Waals surface area contributed by atoms with Gasteiger partial charge in [-0.1, -0.05) is 20.8 Å². The van der Waals surface area contributed by atoms with E-state index in [9.17, 15) is 0 Å². The van der Waals surface area contributed by atoms with Crippen molar-refractivity contribution >= 4 is 11.8 Å². The van der Waals surface area contributed by atoms with Crippen molar-refractivity contribution in [3.05, 3.63) is 0 Å². The highest BCUT2D eigenvalue weighted by Crippen LogP contribution is 2.27. The topological polar surface area (TPSA) is 18.5 Å². The van der Waals surface area contributed by atoms with Gasteiger partial charge < -0.3 is 9.47 Å². The fourth-order valence-corrected chi connectivity index (χ4v) is 1.55. The Labute approximate surface area is 79.0 Å². The fourth-order valence-electron chi connectivity index (χ4n) is 1.12. The molecule has 12 heavy (non-hydrogen) atoms. The summed E-state index contributed by atoms with van der Waals surface area (Å²) < 4.78 is 11.2. The molecule has 1 aliphatic heterocycles. The Hall–Kier alpha value is 0.270. The molecule has 1 rings (SSSR count). The van der Waals surface area contributed by atoms with E-state index in [0.29, 0.717) is 5.25 Å². The molecule has 0 saturated carbocycles. The molecule has 0 unspecified atom stereocenters. The van der Waals surface area contributed by atoms with Crippen molar-refractivity contribution < 1.29 is 9.47 Å². The Morgan fingerprint density at radius 2 is 1.67 bits per heavy atom. The maximum absolute atomic E-state index is 5.60. The predicted molar refractivity (Wildman–Crippen MR) is 52.5 cm³/mol. The number of hydrogen-bond acceptors (Lipinski definition) is 3. The van der Waals surface area contributed by atoms with E-state index in [1.165, 1.54) is 0 Å². The zero-order valence-corrected chi connectivity index (χ0v) is 9.11. The summed E-state index contributed by atoms with van der Waals surface area (Å²) in [5, 5.41) is 0.517. The molecule has 2 nitrogen and oxygen atoms in total. The first-order valence-electron chi connectivity index (χ1n) is 4.30. The molecule has 1 aliphatic rings. The maximum Gasteiger partial charge on any atom is 0.162 e. The van der Waals surface area contributed by atoms with Crippen LogP contribution in [0.5, 0.6) is 0 Å². The summed E-state index contributed by atoms with van der Waals surface area (Å²) in [6.07, 6.45) is 2.07. The first-order valence-corrected chi connectivity index (χ1v) is 5.59. The van der Waals surface area contributed by atoms with Gasteiger partial charge in [-0.3, -0.25) is 0 Å². The lowest BCUT2D eigenvalue weighted by Crippen LogP contribution is -2.41. The molecule has 0 aromatic heterocycles. The van der Waals surface area contributed by atoms with Crippen molar-refractivity contribution in [2.45, 2.75) is 32.3 Å². The van der Waals surface area contributed by atoms with Crippen LogP contribution in [0.15, 0.2) is 0 Å². The standard InChI is InChI=1S/C9H18O2S/c1-9(2,3)8-10-5-7(12-4)6-11-8/h7-8H,5-6H2,1-4H3. The summed E-state index contributed by atoms with van der Waals surface area (Å²) in [5.74, 6) is 0. The zero-order valence-electron chi connectivity index (χ0n) is 8.29. The Bertz CT molecular complexity index is 134. The minimum atomic E-state index is -0.0269. The summed E-state index contributed by atoms with van der Waals surface area (Å²) in [7, 11) is 0. The summed E-state index contributed by atoms with van der Waals surface area (Å²) in [6.45, 7) is 8.05. The number of ether oxygens (including phenoxy) is 2. The summed E-state index contributed by atoms with van der Waals surface area (Å²) in [5.41, 5.74) is 0.101. The zero-order chi connectivity index (χ0) is 9.19. The Kier molecular flexibility index (Phi) is 3.44. The molecule has 3 heteroatoms. The first-order chi connectivity index (χ1) is 5.54. The van der Waals surface area contributed by atoms with E-state index in [0.717, 1.165) is 13.2 Å². The van der Waals surface area contributed by atoms with Crippen LogP contribution in [0.3, 0.4) is 0 Å². The van der Waals surface area contributed by atoms with E-state index in [4.69, 9.17) is 9.47 Å². The third-order valence-electron chi connectivity index (χ3n) is 1.91. The number of rotatable bonds is 1. The lowest BCUT2D eigenvalue weighted by molar-refractivity contribution is -0.221. The third-order valence-corrected chi connectivity index (χ3v) is 2.85. The monoisotopic (exact) mass is 190 g/mol. The van der Waals surface area contributed by atoms with Crippen molar-refractivity contribution in [1.29, 1.82) is 0 Å². The molecule has 0 aromatic carbocycles. The van der Waals surface area contributed by atoms with Crippen LogP contribution in [-0.4, -0.2) is 31.0 Å². The average Bonchev–Trinajstić information content (AvgIpc) is 2.03. The van der Waals surface area contributed by atoms with Crippen LogP contribution in [0.4, 0.5) is 0 Å². The van der Waals surface area contributed by atoms with Crippen LogP contribution in [0.25, 0.3) is 0 Å². The number of hydrogen-bond donors (Lipinski definition) is 0. The van der Waals surface area contributed by atoms with Gasteiger partial charge in [-0.05, 0) is 6.26 Å². The van der Waals surface area contributed by atoms with Gasteiger partial charge in [0.25, 0.3) is 0 Å². The van der Waals surface area contributed by atoms with Crippen molar-refractivity contribution in [2.75, 3.05) is 19.5 Å². The van der Waals surface area contributed by atoms with E-state index in [1.807, 2.05) is 11.8 Å². The van der Waals surface area contributed by atoms with Gasteiger partial charge in [-0.25, -0.2) is 0 Å². The third kappa shape index (κ3) is 2.64. The minimum Gasteiger partial charge on any atom is -0.351 e. The molecule has 0 amide bonds. The fraction of sp³-hybridized carbons (Fsp3) is 1.00. The quantitative estimate of drug-likeness (QED) is 0.631. The largest absolute Gasteiger partial charge is 0.351 e. The summed E-state index contributed by atoms with van der Waals surface area (Å²) in [4.78, 5) is 0. The molecule has 0 aliphatic carbocycles. The second kappa shape index (κ2) is 3.99. The van der Waals surface area contributed by atoms with Crippen molar-refractivity contribution in [1.82, 2.24) is 0 Å². The molecule has 0 spiro atoms. The van der Waals surface area contributed by atoms with Gasteiger partial charge in [-0.15, -0.1) is 0 Å². The average molecular weight is 190 g/mol. The SMILES string of the molecule is CSC1COC(C(C)(C)C)OC1. The first kappa shape index (κ1) is 10.4. The molecule has 1 heterocycles. The molecule has 0 radical (unpaired) electrons. The Balaban J connectivity index is 2.36. The second-order valence-electron chi connectivity index (χ2n) is 4.22. The molecule has 0 bridgehead atoms. The molecular formula is C9H18O2S. The van der Waals surface area contributed by atoms with Crippen LogP contribution in [0.2, 0.25) is 0 Å². The van der Waals surface area contributed by atoms with Crippen LogP contribution < -0.4 is 0 Å². The van der Waals surface area contributed by atoms with Gasteiger partial charge in [0.15, 0.2) is 6.29 Å². The molecule has 1 fully saturated rings. The van der Waals surface area contributed by atoms with E-state index in [2.05, 4.69) is 27.0 Å². The normalized spacial score (nSPS) is 32.0. The minimum absolute atomic E-state index is 0.0269. The molecule has 0 atom stereocenters. The van der Waals surface area contributed by atoms with E-state index < -0.39 is 0 Å². The van der Waals surface area contributed by atoms with Crippen LogP contribution in [-0.2, 0) is 9.47 Å². The van der Waals surface area contributed by atoms with Crippen molar-refractivity contribution in [2.24, 2.45) is 5.41 Å². The maximum atomic E-state index is 5.60. The van der Waals surface area contributed by atoms with E-state index in [1.54, 1.807) is 0 Å². The van der Waals surface area contributed by atoms with E-state index in [-0.39, 0.29) is 11.7 Å². The highest BCUT2D eigenvalue weighted by Gasteiger charge is 2.31. The highest BCUT2D eigenvalue weighted by molar-refractivity contribution is 7.99. The lowest BCUT2D eigenvalue weighted by atomic mass is 9.95. The molecule has 72 valence electrons. The lowest BCUT2D eigenvalue weighted by Gasteiger charge is -2.36. The van der Waals surface area contributed by atoms with Crippen LogP contribution in [0, 0.1) is 5.41 Å². The Morgan fingerprint density at radius 3 is 2.00 bits per heavy atom. The van der Waals surface area contributed by atoms with Gasteiger partial charge in [0.1, 0.15) is 0 Å². The Morgan fingerprint density at radius 1 is 1.17 bits per heavy atom. The summed E-state index contributed by atoms with van der Waals surface area (Å²) in [6, 6.07) is 0. The van der Waals surface area contributed by atoms with Crippen molar-refractivity contribution in [3.63, 3.8) is 0 Å².